The van der Waals surface area contributed by atoms with Crippen molar-refractivity contribution in [2.75, 3.05) is 20.9 Å². The van der Waals surface area contributed by atoms with E-state index in [-0.39, 0.29) is 21.7 Å². The van der Waals surface area contributed by atoms with Gasteiger partial charge in [0.05, 0.1) is 9.79 Å². The van der Waals surface area contributed by atoms with E-state index in [0.29, 0.717) is 11.4 Å². The molecule has 6 rings (SSSR count). The molecule has 242 valence electrons. The summed E-state index contributed by atoms with van der Waals surface area (Å²) in [5, 5.41) is 0. The van der Waals surface area contributed by atoms with Gasteiger partial charge in [0, 0.05) is 72.1 Å². The lowest BCUT2D eigenvalue weighted by atomic mass is 10.2. The molecule has 0 radical (unpaired) electrons. The summed E-state index contributed by atoms with van der Waals surface area (Å²) >= 11 is 0. The first-order valence-corrected chi connectivity index (χ1v) is 16.7. The summed E-state index contributed by atoms with van der Waals surface area (Å²) in [6, 6.07) is 22.5. The first-order chi connectivity index (χ1) is 23.1. The smallest absolute Gasteiger partial charge is 0.264 e. The standard InChI is InChI=1S/C12H8N2.2C10H10N4O2S/c1(11-3-7-13-8-4-11)2-12-5-9-14-10-6-12;2*11-8-2-4-9(5-3-8)17(15,16)14-10-12-6-1-7-13-10/h3-10H;2*1-7H,11H2,(H,12,13,14). The number of nitrogens with one attached hydrogen (secondary N) is 2. The highest BCUT2D eigenvalue weighted by molar-refractivity contribution is 7.93. The van der Waals surface area contributed by atoms with E-state index >= 15 is 0 Å². The number of nitrogen functional groups attached to an aromatic ring is 2. The lowest BCUT2D eigenvalue weighted by Crippen LogP contribution is -2.14. The molecule has 0 saturated heterocycles. The Bertz CT molecular complexity index is 2000. The molecule has 6 N–H and O–H groups in total. The van der Waals surface area contributed by atoms with Crippen molar-refractivity contribution in [3.8, 4) is 11.8 Å². The van der Waals surface area contributed by atoms with Crippen molar-refractivity contribution in [3.05, 3.63) is 146 Å². The highest BCUT2D eigenvalue weighted by Crippen LogP contribution is 2.15. The summed E-state index contributed by atoms with van der Waals surface area (Å²) < 4.78 is 52.1. The zero-order valence-corrected chi connectivity index (χ0v) is 26.6. The van der Waals surface area contributed by atoms with Crippen LogP contribution in [0.2, 0.25) is 0 Å². The van der Waals surface area contributed by atoms with E-state index in [1.54, 1.807) is 36.9 Å². The number of aromatic nitrogens is 6. The van der Waals surface area contributed by atoms with Gasteiger partial charge in [-0.25, -0.2) is 46.2 Å². The fourth-order valence-electron chi connectivity index (χ4n) is 3.37. The van der Waals surface area contributed by atoms with E-state index in [1.807, 2.05) is 24.3 Å². The van der Waals surface area contributed by atoms with Gasteiger partial charge in [-0.15, -0.1) is 0 Å². The lowest BCUT2D eigenvalue weighted by molar-refractivity contribution is 0.599. The number of hydrogen-bond donors (Lipinski definition) is 4. The maximum absolute atomic E-state index is 11.9. The van der Waals surface area contributed by atoms with Crippen LogP contribution < -0.4 is 20.9 Å². The minimum absolute atomic E-state index is 0.0318. The van der Waals surface area contributed by atoms with Crippen LogP contribution in [0.4, 0.5) is 23.3 Å². The van der Waals surface area contributed by atoms with Gasteiger partial charge in [0.15, 0.2) is 0 Å². The largest absolute Gasteiger partial charge is 0.399 e. The molecule has 6 aromatic rings. The number of hydrogen-bond acceptors (Lipinski definition) is 12. The SMILES string of the molecule is C(#Cc1ccncc1)c1ccncc1.Nc1ccc(S(=O)(=O)Nc2ncccn2)cc1.Nc1ccc(S(=O)(=O)Nc2ncccn2)cc1. The number of pyridine rings is 2. The van der Waals surface area contributed by atoms with Crippen LogP contribution in [-0.2, 0) is 20.0 Å². The number of benzene rings is 2. The maximum Gasteiger partial charge on any atom is 0.264 e. The first-order valence-electron chi connectivity index (χ1n) is 13.7. The van der Waals surface area contributed by atoms with Gasteiger partial charge in [-0.2, -0.15) is 0 Å². The molecule has 2 aromatic carbocycles. The van der Waals surface area contributed by atoms with Crippen LogP contribution in [-0.4, -0.2) is 46.7 Å². The molecule has 0 aliphatic rings. The fourth-order valence-corrected chi connectivity index (χ4v) is 5.29. The summed E-state index contributed by atoms with van der Waals surface area (Å²) in [6.45, 7) is 0. The average Bonchev–Trinajstić information content (AvgIpc) is 3.10. The topological polar surface area (TPSA) is 222 Å². The highest BCUT2D eigenvalue weighted by atomic mass is 32.2. The van der Waals surface area contributed by atoms with Crippen molar-refractivity contribution in [1.82, 2.24) is 29.9 Å². The number of nitrogens with two attached hydrogens (primary N) is 2. The first kappa shape index (κ1) is 34.4. The zero-order valence-electron chi connectivity index (χ0n) is 25.0. The van der Waals surface area contributed by atoms with E-state index in [4.69, 9.17) is 11.5 Å². The third kappa shape index (κ3) is 11.2. The Morgan fingerprint density at radius 1 is 0.458 bits per heavy atom. The Morgan fingerprint density at radius 3 is 1.08 bits per heavy atom. The monoisotopic (exact) mass is 680 g/mol. The van der Waals surface area contributed by atoms with Crippen molar-refractivity contribution in [3.63, 3.8) is 0 Å². The molecule has 0 unspecified atom stereocenters. The zero-order chi connectivity index (χ0) is 34.2. The molecule has 0 atom stereocenters. The molecule has 48 heavy (non-hydrogen) atoms. The van der Waals surface area contributed by atoms with Crippen molar-refractivity contribution in [1.29, 1.82) is 0 Å². The van der Waals surface area contributed by atoms with Crippen LogP contribution in [0.1, 0.15) is 11.1 Å². The van der Waals surface area contributed by atoms with Crippen molar-refractivity contribution < 1.29 is 16.8 Å². The molecule has 0 aliphatic heterocycles. The fraction of sp³-hybridized carbons (Fsp3) is 0. The molecule has 0 spiro atoms. The van der Waals surface area contributed by atoms with E-state index in [0.717, 1.165) is 11.1 Å². The molecular weight excluding hydrogens is 653 g/mol. The number of anilines is 4. The van der Waals surface area contributed by atoms with Crippen LogP contribution in [0.25, 0.3) is 0 Å². The quantitative estimate of drug-likeness (QED) is 0.146. The lowest BCUT2D eigenvalue weighted by Gasteiger charge is -2.05. The average molecular weight is 681 g/mol. The highest BCUT2D eigenvalue weighted by Gasteiger charge is 2.15. The second kappa shape index (κ2) is 16.7. The number of rotatable bonds is 6. The van der Waals surface area contributed by atoms with Crippen molar-refractivity contribution >= 4 is 43.3 Å². The van der Waals surface area contributed by atoms with Gasteiger partial charge >= 0.3 is 0 Å². The summed E-state index contributed by atoms with van der Waals surface area (Å²) in [5.74, 6) is 6.15. The van der Waals surface area contributed by atoms with E-state index < -0.39 is 20.0 Å². The summed E-state index contributed by atoms with van der Waals surface area (Å²) in [6.07, 6.45) is 12.7. The van der Waals surface area contributed by atoms with E-state index in [2.05, 4.69) is 51.2 Å². The Kier molecular flexibility index (Phi) is 12.0. The second-order valence-electron chi connectivity index (χ2n) is 9.22. The molecule has 0 fully saturated rings. The van der Waals surface area contributed by atoms with Crippen molar-refractivity contribution in [2.45, 2.75) is 9.79 Å². The summed E-state index contributed by atoms with van der Waals surface area (Å²) in [4.78, 5) is 23.2. The van der Waals surface area contributed by atoms with Gasteiger partial charge in [0.1, 0.15) is 0 Å². The van der Waals surface area contributed by atoms with Crippen LogP contribution in [0.5, 0.6) is 0 Å². The Hall–Kier alpha value is -6.44. The molecule has 4 aromatic heterocycles. The van der Waals surface area contributed by atoms with Crippen LogP contribution >= 0.6 is 0 Å². The van der Waals surface area contributed by atoms with Crippen LogP contribution in [0, 0.1) is 11.8 Å². The van der Waals surface area contributed by atoms with Gasteiger partial charge in [0.25, 0.3) is 20.0 Å². The maximum atomic E-state index is 11.9. The van der Waals surface area contributed by atoms with Crippen molar-refractivity contribution in [2.24, 2.45) is 0 Å². The van der Waals surface area contributed by atoms with Crippen LogP contribution in [0.15, 0.2) is 144 Å². The molecule has 0 aliphatic carbocycles. The minimum Gasteiger partial charge on any atom is -0.399 e. The minimum atomic E-state index is -3.66. The second-order valence-corrected chi connectivity index (χ2v) is 12.6. The third-order valence-corrected chi connectivity index (χ3v) is 8.36. The van der Waals surface area contributed by atoms with Gasteiger partial charge in [0.2, 0.25) is 11.9 Å². The Balaban J connectivity index is 0.000000163. The van der Waals surface area contributed by atoms with Crippen LogP contribution in [0.3, 0.4) is 0 Å². The van der Waals surface area contributed by atoms with Gasteiger partial charge < -0.3 is 11.5 Å². The molecule has 4 heterocycles. The van der Waals surface area contributed by atoms with E-state index in [9.17, 15) is 16.8 Å². The molecule has 0 saturated carbocycles. The molecule has 0 amide bonds. The molecule has 16 heteroatoms. The number of sulfonamides is 2. The predicted molar refractivity (Wildman–Crippen MR) is 182 cm³/mol. The van der Waals surface area contributed by atoms with Gasteiger partial charge in [-0.05, 0) is 84.9 Å². The molecule has 0 bridgehead atoms. The van der Waals surface area contributed by atoms with Gasteiger partial charge in [-0.1, -0.05) is 11.8 Å². The Morgan fingerprint density at radius 2 is 0.771 bits per heavy atom. The normalized spacial score (nSPS) is 10.4. The van der Waals surface area contributed by atoms with Gasteiger partial charge in [-0.3, -0.25) is 9.97 Å². The number of nitrogens with zero attached hydrogens (tertiary/aromatic N) is 6. The molecule has 14 nitrogen and oxygen atoms in total. The Labute approximate surface area is 277 Å². The summed E-state index contributed by atoms with van der Waals surface area (Å²) in [7, 11) is -7.32. The van der Waals surface area contributed by atoms with E-state index in [1.165, 1.54) is 73.3 Å². The molecular formula is C32H28N10O4S2. The predicted octanol–water partition coefficient (Wildman–Crippen LogP) is 3.60. The third-order valence-electron chi connectivity index (χ3n) is 5.68. The summed E-state index contributed by atoms with van der Waals surface area (Å²) in [5.41, 5.74) is 13.9.